The molecule has 122 valence electrons. The summed E-state index contributed by atoms with van der Waals surface area (Å²) in [5, 5.41) is 18.1. The van der Waals surface area contributed by atoms with Crippen LogP contribution in [0.4, 0.5) is 0 Å². The summed E-state index contributed by atoms with van der Waals surface area (Å²) in [7, 11) is 1.27. The van der Waals surface area contributed by atoms with Crippen molar-refractivity contribution in [2.24, 2.45) is 0 Å². The molecular formula is C19H22O4. The number of rotatable bonds is 6. The number of unbranched alkanes of at least 4 members (excludes halogenated alkanes) is 5. The molecule has 0 saturated heterocycles. The fraction of sp³-hybridized carbons (Fsp3) is 0.421. The summed E-state index contributed by atoms with van der Waals surface area (Å²) in [6, 6.07) is 4.66. The second-order valence-electron chi connectivity index (χ2n) is 4.95. The van der Waals surface area contributed by atoms with Crippen LogP contribution in [0.25, 0.3) is 0 Å². The molecule has 0 aromatic heterocycles. The van der Waals surface area contributed by atoms with Crippen molar-refractivity contribution in [1.29, 1.82) is 0 Å². The fourth-order valence-electron chi connectivity index (χ4n) is 1.98. The number of benzene rings is 1. The van der Waals surface area contributed by atoms with E-state index in [4.69, 9.17) is 5.11 Å². The lowest BCUT2D eigenvalue weighted by Gasteiger charge is -2.02. The van der Waals surface area contributed by atoms with Gasteiger partial charge in [0, 0.05) is 18.4 Å². The van der Waals surface area contributed by atoms with Crippen LogP contribution in [0.1, 0.15) is 54.4 Å². The summed E-state index contributed by atoms with van der Waals surface area (Å²) in [4.78, 5) is 11.5. The average Bonchev–Trinajstić information content (AvgIpc) is 2.57. The van der Waals surface area contributed by atoms with Crippen molar-refractivity contribution in [3.63, 3.8) is 0 Å². The van der Waals surface area contributed by atoms with E-state index in [1.54, 1.807) is 6.07 Å². The third-order valence-corrected chi connectivity index (χ3v) is 3.19. The van der Waals surface area contributed by atoms with Gasteiger partial charge in [-0.3, -0.25) is 0 Å². The number of ether oxygens (including phenoxy) is 1. The molecule has 23 heavy (non-hydrogen) atoms. The minimum absolute atomic E-state index is 0.0649. The quantitative estimate of drug-likeness (QED) is 0.481. The highest BCUT2D eigenvalue weighted by atomic mass is 16.5. The molecule has 0 aliphatic rings. The van der Waals surface area contributed by atoms with Crippen molar-refractivity contribution >= 4 is 5.97 Å². The monoisotopic (exact) mass is 314 g/mol. The number of hydrogen-bond donors (Lipinski definition) is 2. The van der Waals surface area contributed by atoms with Crippen LogP contribution in [-0.4, -0.2) is 29.9 Å². The van der Waals surface area contributed by atoms with Crippen molar-refractivity contribution in [2.75, 3.05) is 13.7 Å². The molecule has 4 heteroatoms. The van der Waals surface area contributed by atoms with Crippen molar-refractivity contribution in [3.05, 3.63) is 29.3 Å². The first-order valence-electron chi connectivity index (χ1n) is 7.66. The number of methoxy groups -OCH3 is 1. The molecule has 0 aliphatic carbocycles. The van der Waals surface area contributed by atoms with E-state index >= 15 is 0 Å². The SMILES string of the molecule is COC(=O)c1cc(C#CCCCCCCC#CCO)ccc1O. The average molecular weight is 314 g/mol. The van der Waals surface area contributed by atoms with Gasteiger partial charge in [-0.1, -0.05) is 30.6 Å². The van der Waals surface area contributed by atoms with E-state index in [1.165, 1.54) is 19.2 Å². The highest BCUT2D eigenvalue weighted by molar-refractivity contribution is 5.92. The zero-order valence-corrected chi connectivity index (χ0v) is 13.4. The Morgan fingerprint density at radius 2 is 1.78 bits per heavy atom. The second-order valence-corrected chi connectivity index (χ2v) is 4.95. The number of carbonyl (C=O) groups is 1. The summed E-state index contributed by atoms with van der Waals surface area (Å²) < 4.78 is 4.61. The van der Waals surface area contributed by atoms with Crippen LogP contribution in [-0.2, 0) is 4.74 Å². The predicted octanol–water partition coefficient (Wildman–Crippen LogP) is 2.87. The largest absolute Gasteiger partial charge is 0.507 e. The van der Waals surface area contributed by atoms with Crippen molar-refractivity contribution < 1.29 is 19.7 Å². The number of hydrogen-bond acceptors (Lipinski definition) is 4. The van der Waals surface area contributed by atoms with Gasteiger partial charge in [-0.15, -0.1) is 5.92 Å². The molecule has 0 saturated carbocycles. The normalized spacial score (nSPS) is 9.30. The van der Waals surface area contributed by atoms with Crippen LogP contribution in [0.15, 0.2) is 18.2 Å². The van der Waals surface area contributed by atoms with Gasteiger partial charge in [0.1, 0.15) is 17.9 Å². The Morgan fingerprint density at radius 3 is 2.43 bits per heavy atom. The van der Waals surface area contributed by atoms with E-state index < -0.39 is 5.97 Å². The minimum Gasteiger partial charge on any atom is -0.507 e. The maximum atomic E-state index is 11.5. The highest BCUT2D eigenvalue weighted by Gasteiger charge is 2.11. The first-order chi connectivity index (χ1) is 11.2. The van der Waals surface area contributed by atoms with Gasteiger partial charge in [-0.05, 0) is 31.0 Å². The zero-order valence-electron chi connectivity index (χ0n) is 13.4. The lowest BCUT2D eigenvalue weighted by atomic mass is 10.1. The Labute approximate surface area is 137 Å². The summed E-state index contributed by atoms with van der Waals surface area (Å²) >= 11 is 0. The van der Waals surface area contributed by atoms with E-state index in [1.807, 2.05) is 0 Å². The van der Waals surface area contributed by atoms with Crippen molar-refractivity contribution in [1.82, 2.24) is 0 Å². The summed E-state index contributed by atoms with van der Waals surface area (Å²) in [6.07, 6.45) is 5.88. The van der Waals surface area contributed by atoms with Crippen LogP contribution in [0.2, 0.25) is 0 Å². The second kappa shape index (κ2) is 11.2. The van der Waals surface area contributed by atoms with Gasteiger partial charge in [0.15, 0.2) is 0 Å². The van der Waals surface area contributed by atoms with E-state index in [0.29, 0.717) is 5.56 Å². The Balaban J connectivity index is 2.35. The zero-order chi connectivity index (χ0) is 16.9. The first kappa shape index (κ1) is 18.6. The summed E-state index contributed by atoms with van der Waals surface area (Å²) in [5.74, 6) is 10.9. The molecule has 0 atom stereocenters. The molecule has 0 fully saturated rings. The van der Waals surface area contributed by atoms with Gasteiger partial charge in [0.25, 0.3) is 0 Å². The molecule has 0 bridgehead atoms. The van der Waals surface area contributed by atoms with Crippen molar-refractivity contribution in [2.45, 2.75) is 38.5 Å². The van der Waals surface area contributed by atoms with Crippen LogP contribution < -0.4 is 0 Å². The van der Waals surface area contributed by atoms with Crippen molar-refractivity contribution in [3.8, 4) is 29.4 Å². The maximum Gasteiger partial charge on any atom is 0.341 e. The number of esters is 1. The van der Waals surface area contributed by atoms with E-state index in [9.17, 15) is 9.90 Å². The van der Waals surface area contributed by atoms with Gasteiger partial charge >= 0.3 is 5.97 Å². The smallest absolute Gasteiger partial charge is 0.341 e. The Bertz CT molecular complexity index is 626. The summed E-state index contributed by atoms with van der Waals surface area (Å²) in [6.45, 7) is -0.0649. The molecule has 4 nitrogen and oxygen atoms in total. The Hall–Kier alpha value is -2.43. The van der Waals surface area contributed by atoms with Gasteiger partial charge < -0.3 is 14.9 Å². The minimum atomic E-state index is -0.574. The van der Waals surface area contributed by atoms with E-state index in [0.717, 1.165) is 38.5 Å². The molecule has 0 heterocycles. The van der Waals surface area contributed by atoms with E-state index in [2.05, 4.69) is 28.4 Å². The number of aliphatic hydroxyl groups is 1. The Kier molecular flexibility index (Phi) is 9.05. The van der Waals surface area contributed by atoms with Crippen LogP contribution >= 0.6 is 0 Å². The van der Waals surface area contributed by atoms with Gasteiger partial charge in [-0.25, -0.2) is 4.79 Å². The third kappa shape index (κ3) is 7.40. The molecule has 1 aromatic carbocycles. The number of carbonyl (C=O) groups excluding carboxylic acids is 1. The lowest BCUT2D eigenvalue weighted by Crippen LogP contribution is -2.01. The van der Waals surface area contributed by atoms with Crippen LogP contribution in [0, 0.1) is 23.7 Å². The Morgan fingerprint density at radius 1 is 1.09 bits per heavy atom. The molecule has 0 spiro atoms. The molecule has 0 amide bonds. The van der Waals surface area contributed by atoms with Gasteiger partial charge in [0.05, 0.1) is 7.11 Å². The standard InChI is InChI=1S/C19H22O4/c1-23-19(22)17-15-16(12-13-18(17)21)11-9-7-5-3-2-4-6-8-10-14-20/h12-13,15,20-21H,2-7,14H2,1H3. The molecule has 0 radical (unpaired) electrons. The molecule has 2 N–H and O–H groups in total. The number of phenolic OH excluding ortho intramolecular Hbond substituents is 1. The molecule has 0 aliphatic heterocycles. The molecule has 1 rings (SSSR count). The molecule has 1 aromatic rings. The number of phenols is 1. The first-order valence-corrected chi connectivity index (χ1v) is 7.66. The maximum absolute atomic E-state index is 11.5. The third-order valence-electron chi connectivity index (χ3n) is 3.19. The molecular weight excluding hydrogens is 292 g/mol. The van der Waals surface area contributed by atoms with E-state index in [-0.39, 0.29) is 17.9 Å². The molecule has 0 unspecified atom stereocenters. The lowest BCUT2D eigenvalue weighted by molar-refractivity contribution is 0.0597. The topological polar surface area (TPSA) is 66.8 Å². The van der Waals surface area contributed by atoms with Crippen LogP contribution in [0.3, 0.4) is 0 Å². The van der Waals surface area contributed by atoms with Crippen LogP contribution in [0.5, 0.6) is 5.75 Å². The van der Waals surface area contributed by atoms with Gasteiger partial charge in [-0.2, -0.15) is 0 Å². The number of aromatic hydroxyl groups is 1. The summed E-state index contributed by atoms with van der Waals surface area (Å²) in [5.41, 5.74) is 0.811. The number of aliphatic hydroxyl groups excluding tert-OH is 1. The fourth-order valence-corrected chi connectivity index (χ4v) is 1.98. The highest BCUT2D eigenvalue weighted by Crippen LogP contribution is 2.19. The van der Waals surface area contributed by atoms with Gasteiger partial charge in [0.2, 0.25) is 0 Å². The predicted molar refractivity (Wildman–Crippen MR) is 88.9 cm³/mol.